The summed E-state index contributed by atoms with van der Waals surface area (Å²) < 4.78 is 38.3. The molecule has 0 saturated heterocycles. The SMILES string of the molecule is FC(F)(F)C1(NCc2ccc3ncccc3c2)CC1. The van der Waals surface area contributed by atoms with Crippen molar-refractivity contribution in [1.29, 1.82) is 0 Å². The lowest BCUT2D eigenvalue weighted by molar-refractivity contribution is -0.166. The van der Waals surface area contributed by atoms with Gasteiger partial charge < -0.3 is 0 Å². The van der Waals surface area contributed by atoms with E-state index in [-0.39, 0.29) is 19.4 Å². The Balaban J connectivity index is 1.76. The summed E-state index contributed by atoms with van der Waals surface area (Å²) in [6.07, 6.45) is -2.12. The third kappa shape index (κ3) is 2.30. The summed E-state index contributed by atoms with van der Waals surface area (Å²) in [5, 5.41) is 3.59. The monoisotopic (exact) mass is 266 g/mol. The molecule has 0 spiro atoms. The highest BCUT2D eigenvalue weighted by molar-refractivity contribution is 5.78. The van der Waals surface area contributed by atoms with Crippen molar-refractivity contribution < 1.29 is 13.2 Å². The van der Waals surface area contributed by atoms with Gasteiger partial charge in [-0.2, -0.15) is 13.2 Å². The first-order chi connectivity index (χ1) is 9.00. The summed E-state index contributed by atoms with van der Waals surface area (Å²) in [5.41, 5.74) is 0.0379. The van der Waals surface area contributed by atoms with Crippen molar-refractivity contribution in [2.24, 2.45) is 0 Å². The van der Waals surface area contributed by atoms with Crippen molar-refractivity contribution in [3.63, 3.8) is 0 Å². The molecule has 2 nitrogen and oxygen atoms in total. The standard InChI is InChI=1S/C14H13F3N2/c15-14(16,17)13(5-6-13)19-9-10-3-4-12-11(8-10)2-1-7-18-12/h1-4,7-8,19H,5-6,9H2. The fraction of sp³-hybridized carbons (Fsp3) is 0.357. The predicted octanol–water partition coefficient (Wildman–Crippen LogP) is 3.42. The molecular formula is C14H13F3N2. The summed E-state index contributed by atoms with van der Waals surface area (Å²) in [4.78, 5) is 4.18. The van der Waals surface area contributed by atoms with Crippen LogP contribution in [0, 0.1) is 0 Å². The molecule has 2 aromatic rings. The van der Waals surface area contributed by atoms with Crippen LogP contribution in [-0.2, 0) is 6.54 Å². The first-order valence-electron chi connectivity index (χ1n) is 6.16. The van der Waals surface area contributed by atoms with Crippen LogP contribution in [0.4, 0.5) is 13.2 Å². The van der Waals surface area contributed by atoms with Crippen molar-refractivity contribution in [3.8, 4) is 0 Å². The molecule has 19 heavy (non-hydrogen) atoms. The predicted molar refractivity (Wildman–Crippen MR) is 66.6 cm³/mol. The highest BCUT2D eigenvalue weighted by Gasteiger charge is 2.62. The molecular weight excluding hydrogens is 253 g/mol. The number of hydrogen-bond donors (Lipinski definition) is 1. The van der Waals surface area contributed by atoms with E-state index in [1.54, 1.807) is 6.20 Å². The number of fused-ring (bicyclic) bond motifs is 1. The molecule has 0 bridgehead atoms. The largest absolute Gasteiger partial charge is 0.406 e. The zero-order valence-corrected chi connectivity index (χ0v) is 10.2. The van der Waals surface area contributed by atoms with Crippen molar-refractivity contribution in [1.82, 2.24) is 10.3 Å². The van der Waals surface area contributed by atoms with E-state index in [2.05, 4.69) is 10.3 Å². The minimum absolute atomic E-state index is 0.172. The fourth-order valence-electron chi connectivity index (χ4n) is 2.19. The van der Waals surface area contributed by atoms with Crippen molar-refractivity contribution in [2.45, 2.75) is 31.1 Å². The number of nitrogens with zero attached hydrogens (tertiary/aromatic N) is 1. The molecule has 0 amide bonds. The molecule has 1 fully saturated rings. The average Bonchev–Trinajstić information content (AvgIpc) is 3.17. The second-order valence-corrected chi connectivity index (χ2v) is 4.96. The Morgan fingerprint density at radius 3 is 2.68 bits per heavy atom. The maximum atomic E-state index is 12.8. The minimum atomic E-state index is -4.16. The molecule has 1 aromatic carbocycles. The summed E-state index contributed by atoms with van der Waals surface area (Å²) in [6, 6.07) is 9.25. The van der Waals surface area contributed by atoms with Gasteiger partial charge in [0.2, 0.25) is 0 Å². The second kappa shape index (κ2) is 4.20. The van der Waals surface area contributed by atoms with Gasteiger partial charge in [0, 0.05) is 18.1 Å². The highest BCUT2D eigenvalue weighted by atomic mass is 19.4. The fourth-order valence-corrected chi connectivity index (χ4v) is 2.19. The Kier molecular flexibility index (Phi) is 2.74. The van der Waals surface area contributed by atoms with E-state index in [4.69, 9.17) is 0 Å². The van der Waals surface area contributed by atoms with Gasteiger partial charge in [0.15, 0.2) is 0 Å². The van der Waals surface area contributed by atoms with Gasteiger partial charge in [-0.05, 0) is 36.6 Å². The summed E-state index contributed by atoms with van der Waals surface area (Å²) >= 11 is 0. The molecule has 5 heteroatoms. The van der Waals surface area contributed by atoms with Crippen LogP contribution in [0.1, 0.15) is 18.4 Å². The van der Waals surface area contributed by atoms with E-state index in [0.717, 1.165) is 16.5 Å². The number of benzene rings is 1. The molecule has 0 radical (unpaired) electrons. The van der Waals surface area contributed by atoms with Crippen molar-refractivity contribution in [3.05, 3.63) is 42.1 Å². The van der Waals surface area contributed by atoms with Crippen LogP contribution >= 0.6 is 0 Å². The first kappa shape index (κ1) is 12.4. The van der Waals surface area contributed by atoms with E-state index in [9.17, 15) is 13.2 Å². The number of rotatable bonds is 3. The maximum Gasteiger partial charge on any atom is 0.406 e. The number of halogens is 3. The van der Waals surface area contributed by atoms with Crippen LogP contribution in [0.3, 0.4) is 0 Å². The summed E-state index contributed by atoms with van der Waals surface area (Å²) in [7, 11) is 0. The van der Waals surface area contributed by atoms with E-state index < -0.39 is 11.7 Å². The highest BCUT2D eigenvalue weighted by Crippen LogP contribution is 2.49. The lowest BCUT2D eigenvalue weighted by atomic mass is 10.1. The average molecular weight is 266 g/mol. The summed E-state index contributed by atoms with van der Waals surface area (Å²) in [5.74, 6) is 0. The minimum Gasteiger partial charge on any atom is -0.299 e. The quantitative estimate of drug-likeness (QED) is 0.920. The molecule has 0 unspecified atom stereocenters. The number of alkyl halides is 3. The number of aromatic nitrogens is 1. The van der Waals surface area contributed by atoms with Gasteiger partial charge in [-0.3, -0.25) is 10.3 Å². The Labute approximate surface area is 108 Å². The van der Waals surface area contributed by atoms with Gasteiger partial charge in [-0.15, -0.1) is 0 Å². The number of pyridine rings is 1. The van der Waals surface area contributed by atoms with Gasteiger partial charge in [-0.1, -0.05) is 12.1 Å². The molecule has 0 aliphatic heterocycles. The van der Waals surface area contributed by atoms with Gasteiger partial charge in [0.1, 0.15) is 5.54 Å². The number of hydrogen-bond acceptors (Lipinski definition) is 2. The Bertz CT molecular complexity index is 603. The van der Waals surface area contributed by atoms with E-state index in [1.165, 1.54) is 0 Å². The van der Waals surface area contributed by atoms with Crippen LogP contribution in [0.25, 0.3) is 10.9 Å². The first-order valence-corrected chi connectivity index (χ1v) is 6.16. The van der Waals surface area contributed by atoms with Crippen LogP contribution in [-0.4, -0.2) is 16.7 Å². The molecule has 1 aromatic heterocycles. The molecule has 3 rings (SSSR count). The Hall–Kier alpha value is -1.62. The smallest absolute Gasteiger partial charge is 0.299 e. The zero-order valence-electron chi connectivity index (χ0n) is 10.2. The lowest BCUT2D eigenvalue weighted by Crippen LogP contribution is -2.44. The topological polar surface area (TPSA) is 24.9 Å². The second-order valence-electron chi connectivity index (χ2n) is 4.96. The lowest BCUT2D eigenvalue weighted by Gasteiger charge is -2.20. The maximum absolute atomic E-state index is 12.8. The van der Waals surface area contributed by atoms with Crippen molar-refractivity contribution in [2.75, 3.05) is 0 Å². The van der Waals surface area contributed by atoms with Crippen LogP contribution in [0.5, 0.6) is 0 Å². The van der Waals surface area contributed by atoms with Crippen LogP contribution in [0.15, 0.2) is 36.5 Å². The van der Waals surface area contributed by atoms with E-state index >= 15 is 0 Å². The molecule has 0 atom stereocenters. The molecule has 100 valence electrons. The molecule has 1 aliphatic carbocycles. The zero-order chi connectivity index (χ0) is 13.5. The van der Waals surface area contributed by atoms with E-state index in [1.807, 2.05) is 30.3 Å². The molecule has 1 saturated carbocycles. The Morgan fingerprint density at radius 1 is 1.21 bits per heavy atom. The Morgan fingerprint density at radius 2 is 2.00 bits per heavy atom. The van der Waals surface area contributed by atoms with Gasteiger partial charge in [-0.25, -0.2) is 0 Å². The molecule has 1 N–H and O–H groups in total. The summed E-state index contributed by atoms with van der Waals surface area (Å²) in [6.45, 7) is 0.227. The molecule has 1 heterocycles. The van der Waals surface area contributed by atoms with E-state index in [0.29, 0.717) is 0 Å². The van der Waals surface area contributed by atoms with Gasteiger partial charge in [0.25, 0.3) is 0 Å². The van der Waals surface area contributed by atoms with Crippen LogP contribution < -0.4 is 5.32 Å². The van der Waals surface area contributed by atoms with Gasteiger partial charge in [0.05, 0.1) is 5.52 Å². The van der Waals surface area contributed by atoms with Gasteiger partial charge >= 0.3 is 6.18 Å². The number of nitrogens with one attached hydrogen (secondary N) is 1. The normalized spacial score (nSPS) is 17.6. The third-order valence-electron chi connectivity index (χ3n) is 3.59. The van der Waals surface area contributed by atoms with Crippen molar-refractivity contribution >= 4 is 10.9 Å². The third-order valence-corrected chi connectivity index (χ3v) is 3.59. The molecule has 1 aliphatic rings. The van der Waals surface area contributed by atoms with Crippen LogP contribution in [0.2, 0.25) is 0 Å².